The van der Waals surface area contributed by atoms with E-state index >= 15 is 0 Å². The molecule has 0 saturated carbocycles. The number of aromatic nitrogens is 2. The Balaban J connectivity index is 2.58. The van der Waals surface area contributed by atoms with Gasteiger partial charge in [-0.15, -0.1) is 0 Å². The second-order valence-electron chi connectivity index (χ2n) is 2.62. The molecule has 1 aromatic rings. The molecule has 0 fully saturated rings. The molecular formula is C7H9FN2O2. The van der Waals surface area contributed by atoms with Crippen LogP contribution >= 0.6 is 0 Å². The third kappa shape index (κ3) is 2.05. The van der Waals surface area contributed by atoms with Crippen LogP contribution in [-0.4, -0.2) is 20.9 Å². The summed E-state index contributed by atoms with van der Waals surface area (Å²) in [4.78, 5) is 10.4. The third-order valence-electron chi connectivity index (χ3n) is 1.48. The Kier molecular flexibility index (Phi) is 2.42. The number of aliphatic carboxylic acids is 1. The molecule has 0 bridgehead atoms. The molecule has 0 aliphatic rings. The Morgan fingerprint density at radius 3 is 3.00 bits per heavy atom. The summed E-state index contributed by atoms with van der Waals surface area (Å²) in [5.41, 5.74) is 0. The maximum Gasteiger partial charge on any atom is 0.308 e. The molecule has 0 aromatic carbocycles. The van der Waals surface area contributed by atoms with Crippen LogP contribution in [0.5, 0.6) is 0 Å². The van der Waals surface area contributed by atoms with Gasteiger partial charge in [-0.05, 0) is 0 Å². The molecule has 1 N–H and O–H groups in total. The van der Waals surface area contributed by atoms with E-state index in [2.05, 4.69) is 5.10 Å². The number of rotatable bonds is 3. The number of hydrogen-bond donors (Lipinski definition) is 1. The Morgan fingerprint density at radius 2 is 2.58 bits per heavy atom. The second kappa shape index (κ2) is 3.34. The molecule has 0 radical (unpaired) electrons. The van der Waals surface area contributed by atoms with Gasteiger partial charge in [-0.3, -0.25) is 9.48 Å². The first-order valence-corrected chi connectivity index (χ1v) is 3.50. The monoisotopic (exact) mass is 172 g/mol. The van der Waals surface area contributed by atoms with Gasteiger partial charge < -0.3 is 5.11 Å². The smallest absolute Gasteiger partial charge is 0.308 e. The molecule has 0 aliphatic carbocycles. The molecule has 1 rings (SSSR count). The largest absolute Gasteiger partial charge is 0.481 e. The minimum Gasteiger partial charge on any atom is -0.481 e. The van der Waals surface area contributed by atoms with Gasteiger partial charge in [-0.2, -0.15) is 5.10 Å². The van der Waals surface area contributed by atoms with E-state index in [1.54, 1.807) is 6.92 Å². The van der Waals surface area contributed by atoms with E-state index in [4.69, 9.17) is 5.11 Å². The van der Waals surface area contributed by atoms with Crippen molar-refractivity contribution in [2.24, 2.45) is 5.92 Å². The molecule has 1 aromatic heterocycles. The summed E-state index contributed by atoms with van der Waals surface area (Å²) < 4.78 is 13.6. The van der Waals surface area contributed by atoms with Crippen molar-refractivity contribution < 1.29 is 14.3 Å². The number of carboxylic acids is 1. The van der Waals surface area contributed by atoms with Crippen molar-refractivity contribution in [2.45, 2.75) is 13.5 Å². The van der Waals surface area contributed by atoms with Gasteiger partial charge in [-0.1, -0.05) is 6.92 Å². The molecule has 1 unspecified atom stereocenters. The molecule has 1 atom stereocenters. The standard InChI is InChI=1S/C7H9FN2O2/c1-5(7(11)12)3-10-4-6(8)2-9-10/h2,4-5H,3H2,1H3,(H,11,12). The highest BCUT2D eigenvalue weighted by atomic mass is 19.1. The average molecular weight is 172 g/mol. The van der Waals surface area contributed by atoms with E-state index in [-0.39, 0.29) is 6.54 Å². The van der Waals surface area contributed by atoms with Crippen molar-refractivity contribution in [3.05, 3.63) is 18.2 Å². The SMILES string of the molecule is CC(Cn1cc(F)cn1)C(=O)O. The predicted molar refractivity (Wildman–Crippen MR) is 39.0 cm³/mol. The Labute approximate surface area is 68.6 Å². The first kappa shape index (κ1) is 8.70. The van der Waals surface area contributed by atoms with E-state index in [0.29, 0.717) is 0 Å². The summed E-state index contributed by atoms with van der Waals surface area (Å²) in [6.45, 7) is 1.74. The molecule has 0 aliphatic heterocycles. The summed E-state index contributed by atoms with van der Waals surface area (Å²) in [5, 5.41) is 12.1. The van der Waals surface area contributed by atoms with Crippen molar-refractivity contribution in [2.75, 3.05) is 0 Å². The number of halogens is 1. The highest BCUT2D eigenvalue weighted by Crippen LogP contribution is 2.01. The lowest BCUT2D eigenvalue weighted by Gasteiger charge is -2.04. The van der Waals surface area contributed by atoms with Gasteiger partial charge in [0.05, 0.1) is 24.9 Å². The van der Waals surface area contributed by atoms with Gasteiger partial charge in [0.25, 0.3) is 0 Å². The zero-order chi connectivity index (χ0) is 9.14. The number of hydrogen-bond acceptors (Lipinski definition) is 2. The summed E-state index contributed by atoms with van der Waals surface area (Å²) in [6, 6.07) is 0. The van der Waals surface area contributed by atoms with Crippen molar-refractivity contribution in [1.82, 2.24) is 9.78 Å². The maximum atomic E-state index is 12.3. The van der Waals surface area contributed by atoms with Gasteiger partial charge in [0.1, 0.15) is 0 Å². The summed E-state index contributed by atoms with van der Waals surface area (Å²) in [5.74, 6) is -1.91. The van der Waals surface area contributed by atoms with Crippen molar-refractivity contribution in [3.8, 4) is 0 Å². The van der Waals surface area contributed by atoms with Gasteiger partial charge in [0, 0.05) is 0 Å². The molecule has 0 spiro atoms. The van der Waals surface area contributed by atoms with Crippen LogP contribution in [0.15, 0.2) is 12.4 Å². The summed E-state index contributed by atoms with van der Waals surface area (Å²) in [6.07, 6.45) is 2.22. The maximum absolute atomic E-state index is 12.3. The van der Waals surface area contributed by atoms with Crippen LogP contribution < -0.4 is 0 Å². The zero-order valence-electron chi connectivity index (χ0n) is 6.57. The first-order valence-electron chi connectivity index (χ1n) is 3.50. The fourth-order valence-electron chi connectivity index (χ4n) is 0.797. The number of nitrogens with zero attached hydrogens (tertiary/aromatic N) is 2. The molecule has 1 heterocycles. The minimum atomic E-state index is -0.911. The normalized spacial score (nSPS) is 12.8. The lowest BCUT2D eigenvalue weighted by Crippen LogP contribution is -2.16. The molecule has 0 saturated heterocycles. The second-order valence-corrected chi connectivity index (χ2v) is 2.62. The van der Waals surface area contributed by atoms with E-state index in [9.17, 15) is 9.18 Å². The van der Waals surface area contributed by atoms with Crippen LogP contribution in [0, 0.1) is 11.7 Å². The Morgan fingerprint density at radius 1 is 1.92 bits per heavy atom. The highest BCUT2D eigenvalue weighted by molar-refractivity contribution is 5.69. The van der Waals surface area contributed by atoms with Crippen LogP contribution in [0.3, 0.4) is 0 Å². The van der Waals surface area contributed by atoms with Crippen LogP contribution in [0.4, 0.5) is 4.39 Å². The van der Waals surface area contributed by atoms with Crippen molar-refractivity contribution in [3.63, 3.8) is 0 Å². The van der Waals surface area contributed by atoms with E-state index < -0.39 is 17.7 Å². The van der Waals surface area contributed by atoms with E-state index in [1.165, 1.54) is 10.9 Å². The third-order valence-corrected chi connectivity index (χ3v) is 1.48. The lowest BCUT2D eigenvalue weighted by atomic mass is 10.2. The first-order chi connectivity index (χ1) is 5.59. The van der Waals surface area contributed by atoms with E-state index in [1.807, 2.05) is 0 Å². The highest BCUT2D eigenvalue weighted by Gasteiger charge is 2.11. The summed E-state index contributed by atoms with van der Waals surface area (Å²) in [7, 11) is 0. The van der Waals surface area contributed by atoms with Gasteiger partial charge >= 0.3 is 5.97 Å². The van der Waals surface area contributed by atoms with Crippen LogP contribution in [0.25, 0.3) is 0 Å². The predicted octanol–water partition coefficient (Wildman–Crippen LogP) is 0.743. The van der Waals surface area contributed by atoms with Gasteiger partial charge in [0.15, 0.2) is 5.82 Å². The fraction of sp³-hybridized carbons (Fsp3) is 0.429. The minimum absolute atomic E-state index is 0.194. The van der Waals surface area contributed by atoms with Crippen LogP contribution in [-0.2, 0) is 11.3 Å². The number of carboxylic acid groups (broad SMARTS) is 1. The molecule has 12 heavy (non-hydrogen) atoms. The van der Waals surface area contributed by atoms with Crippen molar-refractivity contribution >= 4 is 5.97 Å². The van der Waals surface area contributed by atoms with Gasteiger partial charge in [-0.25, -0.2) is 4.39 Å². The Hall–Kier alpha value is -1.39. The number of carbonyl (C=O) groups is 1. The topological polar surface area (TPSA) is 55.1 Å². The Bertz CT molecular complexity index is 285. The van der Waals surface area contributed by atoms with Crippen LogP contribution in [0.2, 0.25) is 0 Å². The lowest BCUT2D eigenvalue weighted by molar-refractivity contribution is -0.141. The quantitative estimate of drug-likeness (QED) is 0.731. The molecule has 4 nitrogen and oxygen atoms in total. The van der Waals surface area contributed by atoms with Gasteiger partial charge in [0.2, 0.25) is 0 Å². The molecular weight excluding hydrogens is 163 g/mol. The fourth-order valence-corrected chi connectivity index (χ4v) is 0.797. The summed E-state index contributed by atoms with van der Waals surface area (Å²) >= 11 is 0. The average Bonchev–Trinajstić information content (AvgIpc) is 2.35. The molecule has 0 amide bonds. The molecule has 66 valence electrons. The zero-order valence-corrected chi connectivity index (χ0v) is 6.57. The van der Waals surface area contributed by atoms with Crippen molar-refractivity contribution in [1.29, 1.82) is 0 Å². The molecule has 5 heteroatoms. The van der Waals surface area contributed by atoms with Crippen LogP contribution in [0.1, 0.15) is 6.92 Å². The van der Waals surface area contributed by atoms with E-state index in [0.717, 1.165) is 6.20 Å².